The lowest BCUT2D eigenvalue weighted by Crippen LogP contribution is -2.46. The number of aromatic nitrogens is 1. The Balaban J connectivity index is 1.63. The number of carbonyl (C=O) groups excluding carboxylic acids is 1. The number of hydrogen-bond donors (Lipinski definition) is 0. The molecule has 0 bridgehead atoms. The fourth-order valence-corrected chi connectivity index (χ4v) is 3.42. The number of ether oxygens (including phenoxy) is 2. The van der Waals surface area contributed by atoms with Crippen LogP contribution in [0.25, 0.3) is 0 Å². The highest BCUT2D eigenvalue weighted by Gasteiger charge is 2.36. The summed E-state index contributed by atoms with van der Waals surface area (Å²) in [6.45, 7) is 4.85. The minimum atomic E-state index is -0.0246. The van der Waals surface area contributed by atoms with Crippen LogP contribution in [0.4, 0.5) is 5.69 Å². The molecule has 1 aromatic rings. The molecule has 0 radical (unpaired) electrons. The maximum Gasteiger partial charge on any atom is 0.249 e. The van der Waals surface area contributed by atoms with Gasteiger partial charge in [-0.3, -0.25) is 9.78 Å². The van der Waals surface area contributed by atoms with Crippen molar-refractivity contribution in [2.45, 2.75) is 18.9 Å². The van der Waals surface area contributed by atoms with Crippen molar-refractivity contribution >= 4 is 11.6 Å². The van der Waals surface area contributed by atoms with Crippen molar-refractivity contribution in [3.8, 4) is 0 Å². The number of pyridine rings is 1. The summed E-state index contributed by atoms with van der Waals surface area (Å²) in [5.74, 6) is 0.771. The van der Waals surface area contributed by atoms with E-state index in [1.807, 2.05) is 17.3 Å². The third kappa shape index (κ3) is 3.19. The van der Waals surface area contributed by atoms with Crippen molar-refractivity contribution in [1.29, 1.82) is 0 Å². The average molecular weight is 317 g/mol. The van der Waals surface area contributed by atoms with E-state index in [2.05, 4.69) is 16.0 Å². The molecule has 0 N–H and O–H groups in total. The van der Waals surface area contributed by atoms with Crippen molar-refractivity contribution in [3.63, 3.8) is 0 Å². The summed E-state index contributed by atoms with van der Waals surface area (Å²) >= 11 is 0. The molecule has 1 unspecified atom stereocenters. The molecule has 1 aliphatic carbocycles. The molecule has 3 fully saturated rings. The molecule has 1 atom stereocenters. The minimum Gasteiger partial charge on any atom is -0.378 e. The summed E-state index contributed by atoms with van der Waals surface area (Å²) in [4.78, 5) is 21.0. The zero-order chi connectivity index (χ0) is 15.6. The van der Waals surface area contributed by atoms with E-state index in [0.717, 1.165) is 44.1 Å². The molecule has 6 nitrogen and oxygen atoms in total. The Morgan fingerprint density at radius 1 is 1.22 bits per heavy atom. The number of anilines is 1. The van der Waals surface area contributed by atoms with Crippen LogP contribution in [0, 0.1) is 5.92 Å². The van der Waals surface area contributed by atoms with E-state index < -0.39 is 0 Å². The molecule has 2 saturated heterocycles. The Kier molecular flexibility index (Phi) is 4.18. The van der Waals surface area contributed by atoms with Crippen molar-refractivity contribution < 1.29 is 14.3 Å². The number of nitrogens with zero attached hydrogens (tertiary/aromatic N) is 3. The predicted octanol–water partition coefficient (Wildman–Crippen LogP) is 1.23. The first-order valence-corrected chi connectivity index (χ1v) is 8.47. The summed E-state index contributed by atoms with van der Waals surface area (Å²) in [6.07, 6.45) is 6.20. The quantitative estimate of drug-likeness (QED) is 0.836. The first-order valence-electron chi connectivity index (χ1n) is 8.47. The van der Waals surface area contributed by atoms with Crippen LogP contribution >= 0.6 is 0 Å². The van der Waals surface area contributed by atoms with Crippen LogP contribution in [0.1, 0.15) is 24.4 Å². The minimum absolute atomic E-state index is 0.0246. The molecule has 1 amide bonds. The van der Waals surface area contributed by atoms with E-state index in [1.165, 1.54) is 12.8 Å². The lowest BCUT2D eigenvalue weighted by atomic mass is 10.0. The smallest absolute Gasteiger partial charge is 0.249 e. The summed E-state index contributed by atoms with van der Waals surface area (Å²) < 4.78 is 11.0. The number of hydrogen-bond acceptors (Lipinski definition) is 5. The number of amides is 1. The van der Waals surface area contributed by atoms with Gasteiger partial charge in [-0.15, -0.1) is 0 Å². The Labute approximate surface area is 136 Å². The van der Waals surface area contributed by atoms with Crippen molar-refractivity contribution in [1.82, 2.24) is 9.88 Å². The molecule has 23 heavy (non-hydrogen) atoms. The molecule has 1 saturated carbocycles. The standard InChI is InChI=1S/C17H23N3O3/c21-17-12-23-11-16(20(17)10-13-1-2-13)14-9-18-4-3-15(14)19-5-7-22-8-6-19/h3-4,9,13,16H,1-2,5-8,10-12H2. The topological polar surface area (TPSA) is 54.9 Å². The van der Waals surface area contributed by atoms with Crippen LogP contribution in [0.5, 0.6) is 0 Å². The van der Waals surface area contributed by atoms with Crippen LogP contribution in [-0.4, -0.2) is 61.9 Å². The molecule has 0 spiro atoms. The molecule has 4 rings (SSSR count). The van der Waals surface area contributed by atoms with Crippen LogP contribution in [-0.2, 0) is 14.3 Å². The van der Waals surface area contributed by atoms with Crippen molar-refractivity contribution in [2.24, 2.45) is 5.92 Å². The van der Waals surface area contributed by atoms with E-state index in [1.54, 1.807) is 0 Å². The van der Waals surface area contributed by atoms with Crippen LogP contribution < -0.4 is 4.90 Å². The fourth-order valence-electron chi connectivity index (χ4n) is 3.42. The molecule has 124 valence electrons. The van der Waals surface area contributed by atoms with Crippen LogP contribution in [0.2, 0.25) is 0 Å². The monoisotopic (exact) mass is 317 g/mol. The van der Waals surface area contributed by atoms with E-state index in [0.29, 0.717) is 12.5 Å². The second kappa shape index (κ2) is 6.45. The molecule has 3 aliphatic rings. The highest BCUT2D eigenvalue weighted by atomic mass is 16.5. The van der Waals surface area contributed by atoms with E-state index in [4.69, 9.17) is 9.47 Å². The third-order valence-electron chi connectivity index (χ3n) is 4.89. The van der Waals surface area contributed by atoms with Crippen molar-refractivity contribution in [3.05, 3.63) is 24.0 Å². The Morgan fingerprint density at radius 2 is 2.04 bits per heavy atom. The molecule has 1 aromatic heterocycles. The molecule has 6 heteroatoms. The molecular formula is C17H23N3O3. The number of rotatable bonds is 4. The SMILES string of the molecule is O=C1COCC(c2cnccc2N2CCOCC2)N1CC1CC1. The van der Waals surface area contributed by atoms with Gasteiger partial charge in [0.25, 0.3) is 0 Å². The van der Waals surface area contributed by atoms with Gasteiger partial charge in [-0.25, -0.2) is 0 Å². The first-order chi connectivity index (χ1) is 11.3. The summed E-state index contributed by atoms with van der Waals surface area (Å²) in [6, 6.07) is 2.03. The molecule has 3 heterocycles. The highest BCUT2D eigenvalue weighted by molar-refractivity contribution is 5.79. The lowest BCUT2D eigenvalue weighted by molar-refractivity contribution is -0.148. The van der Waals surface area contributed by atoms with Gasteiger partial charge >= 0.3 is 0 Å². The lowest BCUT2D eigenvalue weighted by Gasteiger charge is -2.38. The number of carbonyl (C=O) groups is 1. The van der Waals surface area contributed by atoms with Gasteiger partial charge in [0, 0.05) is 43.3 Å². The number of morpholine rings is 2. The Morgan fingerprint density at radius 3 is 2.83 bits per heavy atom. The predicted molar refractivity (Wildman–Crippen MR) is 85.3 cm³/mol. The van der Waals surface area contributed by atoms with Gasteiger partial charge in [0.05, 0.1) is 25.9 Å². The summed E-state index contributed by atoms with van der Waals surface area (Å²) in [7, 11) is 0. The van der Waals surface area contributed by atoms with E-state index in [9.17, 15) is 4.79 Å². The fraction of sp³-hybridized carbons (Fsp3) is 0.647. The van der Waals surface area contributed by atoms with Crippen LogP contribution in [0.15, 0.2) is 18.5 Å². The zero-order valence-corrected chi connectivity index (χ0v) is 13.3. The molecule has 2 aliphatic heterocycles. The third-order valence-corrected chi connectivity index (χ3v) is 4.89. The second-order valence-corrected chi connectivity index (χ2v) is 6.55. The maximum atomic E-state index is 12.4. The zero-order valence-electron chi connectivity index (χ0n) is 13.3. The van der Waals surface area contributed by atoms with Crippen LogP contribution in [0.3, 0.4) is 0 Å². The van der Waals surface area contributed by atoms with E-state index in [-0.39, 0.29) is 18.6 Å². The van der Waals surface area contributed by atoms with Gasteiger partial charge in [0.15, 0.2) is 0 Å². The highest BCUT2D eigenvalue weighted by Crippen LogP contribution is 2.37. The largest absolute Gasteiger partial charge is 0.378 e. The molecular weight excluding hydrogens is 294 g/mol. The van der Waals surface area contributed by atoms with Gasteiger partial charge in [-0.2, -0.15) is 0 Å². The second-order valence-electron chi connectivity index (χ2n) is 6.55. The van der Waals surface area contributed by atoms with Gasteiger partial charge in [0.2, 0.25) is 5.91 Å². The van der Waals surface area contributed by atoms with Gasteiger partial charge < -0.3 is 19.3 Å². The Bertz CT molecular complexity index is 570. The molecule has 0 aromatic carbocycles. The Hall–Kier alpha value is -1.66. The average Bonchev–Trinajstić information content (AvgIpc) is 3.42. The maximum absolute atomic E-state index is 12.4. The van der Waals surface area contributed by atoms with Gasteiger partial charge in [0.1, 0.15) is 6.61 Å². The van der Waals surface area contributed by atoms with Gasteiger partial charge in [-0.1, -0.05) is 0 Å². The van der Waals surface area contributed by atoms with Gasteiger partial charge in [-0.05, 0) is 24.8 Å². The summed E-state index contributed by atoms with van der Waals surface area (Å²) in [5, 5.41) is 0. The van der Waals surface area contributed by atoms with Crippen molar-refractivity contribution in [2.75, 3.05) is 51.0 Å². The first kappa shape index (κ1) is 14.9. The summed E-state index contributed by atoms with van der Waals surface area (Å²) in [5.41, 5.74) is 2.26. The normalized spacial score (nSPS) is 25.7. The van der Waals surface area contributed by atoms with E-state index >= 15 is 0 Å².